The molecule has 0 radical (unpaired) electrons. The molecule has 0 bridgehead atoms. The summed E-state index contributed by atoms with van der Waals surface area (Å²) in [6.07, 6.45) is 6.26. The van der Waals surface area contributed by atoms with E-state index in [1.54, 1.807) is 11.0 Å². The van der Waals surface area contributed by atoms with Crippen molar-refractivity contribution in [3.63, 3.8) is 0 Å². The van der Waals surface area contributed by atoms with Crippen LogP contribution in [0.3, 0.4) is 0 Å². The Bertz CT molecular complexity index is 887. The van der Waals surface area contributed by atoms with E-state index in [0.717, 1.165) is 17.0 Å². The Labute approximate surface area is 146 Å². The quantitative estimate of drug-likeness (QED) is 0.834. The number of H-pyrrole nitrogens is 1. The van der Waals surface area contributed by atoms with Crippen molar-refractivity contribution in [1.29, 1.82) is 0 Å². The third-order valence-corrected chi connectivity index (χ3v) is 6.89. The standard InChI is InChI=1S/C16H21N5O3S/c1-20-7-12(6-19-20)13-8-21(9-14-15(13)18-10-17-14)16(22)11-2-4-25(23,24)5-3-11/h6-7,10-11,13H,2-5,8-9H2,1H3,(H,17,18). The molecule has 9 heteroatoms. The molecule has 0 aromatic carbocycles. The molecular formula is C16H21N5O3S. The zero-order chi connectivity index (χ0) is 17.6. The van der Waals surface area contributed by atoms with Crippen LogP contribution in [0, 0.1) is 5.92 Å². The lowest BCUT2D eigenvalue weighted by Crippen LogP contribution is -2.43. The van der Waals surface area contributed by atoms with Gasteiger partial charge in [0.2, 0.25) is 5.91 Å². The number of hydrogen-bond acceptors (Lipinski definition) is 5. The molecule has 8 nitrogen and oxygen atoms in total. The third kappa shape index (κ3) is 3.08. The minimum atomic E-state index is -2.97. The lowest BCUT2D eigenvalue weighted by Gasteiger charge is -2.35. The predicted octanol–water partition coefficient (Wildman–Crippen LogP) is 0.442. The van der Waals surface area contributed by atoms with Crippen molar-refractivity contribution >= 4 is 15.7 Å². The van der Waals surface area contributed by atoms with Crippen molar-refractivity contribution in [2.75, 3.05) is 18.1 Å². The molecule has 1 N–H and O–H groups in total. The molecule has 4 rings (SSSR count). The lowest BCUT2D eigenvalue weighted by molar-refractivity contribution is -0.137. The summed E-state index contributed by atoms with van der Waals surface area (Å²) in [6, 6.07) is 0. The molecule has 0 spiro atoms. The SMILES string of the molecule is Cn1cc(C2CN(C(=O)C3CCS(=O)(=O)CC3)Cc3[nH]cnc32)cn1. The molecule has 1 amide bonds. The number of aromatic amines is 1. The Balaban J connectivity index is 1.57. The van der Waals surface area contributed by atoms with Crippen LogP contribution in [0.4, 0.5) is 0 Å². The fraction of sp³-hybridized carbons (Fsp3) is 0.562. The van der Waals surface area contributed by atoms with Gasteiger partial charge in [-0.3, -0.25) is 9.48 Å². The van der Waals surface area contributed by atoms with Crippen LogP contribution in [0.25, 0.3) is 0 Å². The lowest BCUT2D eigenvalue weighted by atomic mass is 9.91. The number of rotatable bonds is 2. The molecule has 2 aromatic rings. The van der Waals surface area contributed by atoms with Crippen molar-refractivity contribution in [3.8, 4) is 0 Å². The zero-order valence-corrected chi connectivity index (χ0v) is 14.9. The Morgan fingerprint density at radius 2 is 2.08 bits per heavy atom. The maximum absolute atomic E-state index is 13.0. The molecule has 2 aliphatic heterocycles. The fourth-order valence-corrected chi connectivity index (χ4v) is 5.26. The molecule has 4 heterocycles. The van der Waals surface area contributed by atoms with Crippen molar-refractivity contribution in [3.05, 3.63) is 35.7 Å². The highest BCUT2D eigenvalue weighted by atomic mass is 32.2. The molecule has 0 aliphatic carbocycles. The highest BCUT2D eigenvalue weighted by Gasteiger charge is 2.36. The van der Waals surface area contributed by atoms with Crippen molar-refractivity contribution in [1.82, 2.24) is 24.6 Å². The molecule has 2 aromatic heterocycles. The van der Waals surface area contributed by atoms with Gasteiger partial charge in [0.05, 0.1) is 42.0 Å². The Morgan fingerprint density at radius 3 is 2.76 bits per heavy atom. The number of aryl methyl sites for hydroxylation is 1. The van der Waals surface area contributed by atoms with Gasteiger partial charge in [0.1, 0.15) is 9.84 Å². The number of hydrogen-bond donors (Lipinski definition) is 1. The molecule has 1 unspecified atom stereocenters. The van der Waals surface area contributed by atoms with Gasteiger partial charge in [0.15, 0.2) is 0 Å². The second-order valence-corrected chi connectivity index (χ2v) is 9.21. The van der Waals surface area contributed by atoms with E-state index in [1.807, 2.05) is 24.3 Å². The topological polar surface area (TPSA) is 101 Å². The summed E-state index contributed by atoms with van der Waals surface area (Å²) in [4.78, 5) is 22.4. The van der Waals surface area contributed by atoms with Gasteiger partial charge in [-0.25, -0.2) is 13.4 Å². The minimum Gasteiger partial charge on any atom is -0.347 e. The van der Waals surface area contributed by atoms with Crippen LogP contribution in [-0.2, 0) is 28.2 Å². The van der Waals surface area contributed by atoms with E-state index in [1.165, 1.54) is 0 Å². The molecule has 1 atom stereocenters. The van der Waals surface area contributed by atoms with E-state index >= 15 is 0 Å². The van der Waals surface area contributed by atoms with E-state index < -0.39 is 9.84 Å². The average Bonchev–Trinajstić information content (AvgIpc) is 3.22. The summed E-state index contributed by atoms with van der Waals surface area (Å²) in [6.45, 7) is 1.04. The van der Waals surface area contributed by atoms with Crippen molar-refractivity contribution < 1.29 is 13.2 Å². The van der Waals surface area contributed by atoms with Crippen LogP contribution in [0.1, 0.15) is 35.7 Å². The Hall–Kier alpha value is -2.16. The van der Waals surface area contributed by atoms with Gasteiger partial charge in [-0.15, -0.1) is 0 Å². The second kappa shape index (κ2) is 5.98. The van der Waals surface area contributed by atoms with Crippen LogP contribution < -0.4 is 0 Å². The van der Waals surface area contributed by atoms with Gasteiger partial charge in [0.25, 0.3) is 0 Å². The maximum Gasteiger partial charge on any atom is 0.226 e. The summed E-state index contributed by atoms with van der Waals surface area (Å²) in [7, 11) is -1.10. The number of fused-ring (bicyclic) bond motifs is 1. The van der Waals surface area contributed by atoms with Crippen LogP contribution in [0.5, 0.6) is 0 Å². The van der Waals surface area contributed by atoms with Gasteiger partial charge in [-0.1, -0.05) is 0 Å². The molecule has 0 saturated carbocycles. The third-order valence-electron chi connectivity index (χ3n) is 5.18. The van der Waals surface area contributed by atoms with Crippen molar-refractivity contribution in [2.24, 2.45) is 13.0 Å². The average molecular weight is 363 g/mol. The highest BCUT2D eigenvalue weighted by molar-refractivity contribution is 7.91. The number of carbonyl (C=O) groups excluding carboxylic acids is 1. The van der Waals surface area contributed by atoms with Crippen molar-refractivity contribution in [2.45, 2.75) is 25.3 Å². The number of amides is 1. The van der Waals surface area contributed by atoms with Crippen LogP contribution >= 0.6 is 0 Å². The first kappa shape index (κ1) is 16.3. The van der Waals surface area contributed by atoms with Crippen LogP contribution in [-0.4, -0.2) is 57.0 Å². The summed E-state index contributed by atoms with van der Waals surface area (Å²) in [5, 5.41) is 4.23. The molecule has 134 valence electrons. The first-order chi connectivity index (χ1) is 11.9. The Kier molecular flexibility index (Phi) is 3.90. The number of sulfone groups is 1. The summed E-state index contributed by atoms with van der Waals surface area (Å²) in [5.74, 6) is 0.0449. The van der Waals surface area contributed by atoms with Gasteiger partial charge >= 0.3 is 0 Å². The molecule has 1 fully saturated rings. The van der Waals surface area contributed by atoms with E-state index in [9.17, 15) is 13.2 Å². The summed E-state index contributed by atoms with van der Waals surface area (Å²) in [5.41, 5.74) is 2.93. The monoisotopic (exact) mass is 363 g/mol. The zero-order valence-electron chi connectivity index (χ0n) is 14.1. The minimum absolute atomic E-state index is 0.0139. The normalized spacial score (nSPS) is 23.4. The van der Waals surface area contributed by atoms with Crippen LogP contribution in [0.2, 0.25) is 0 Å². The number of nitrogens with zero attached hydrogens (tertiary/aromatic N) is 4. The number of nitrogens with one attached hydrogen (secondary N) is 1. The largest absolute Gasteiger partial charge is 0.347 e. The van der Waals surface area contributed by atoms with Gasteiger partial charge in [-0.05, 0) is 12.8 Å². The Morgan fingerprint density at radius 1 is 1.32 bits per heavy atom. The highest BCUT2D eigenvalue weighted by Crippen LogP contribution is 2.33. The first-order valence-electron chi connectivity index (χ1n) is 8.43. The second-order valence-electron chi connectivity index (χ2n) is 6.91. The van der Waals surface area contributed by atoms with Gasteiger partial charge in [0, 0.05) is 37.2 Å². The van der Waals surface area contributed by atoms with E-state index in [0.29, 0.717) is 25.9 Å². The first-order valence-corrected chi connectivity index (χ1v) is 10.2. The predicted molar refractivity (Wildman–Crippen MR) is 90.4 cm³/mol. The van der Waals surface area contributed by atoms with E-state index in [2.05, 4.69) is 15.1 Å². The molecular weight excluding hydrogens is 342 g/mol. The molecule has 1 saturated heterocycles. The van der Waals surface area contributed by atoms with Crippen LogP contribution in [0.15, 0.2) is 18.7 Å². The van der Waals surface area contributed by atoms with Gasteiger partial charge in [-0.2, -0.15) is 5.10 Å². The van der Waals surface area contributed by atoms with E-state index in [-0.39, 0.29) is 29.2 Å². The molecule has 25 heavy (non-hydrogen) atoms. The summed E-state index contributed by atoms with van der Waals surface area (Å²) >= 11 is 0. The number of aromatic nitrogens is 4. The maximum atomic E-state index is 13.0. The van der Waals surface area contributed by atoms with Gasteiger partial charge < -0.3 is 9.88 Å². The molecule has 2 aliphatic rings. The van der Waals surface area contributed by atoms with E-state index in [4.69, 9.17) is 0 Å². The number of imidazole rings is 1. The summed E-state index contributed by atoms with van der Waals surface area (Å²) < 4.78 is 25.0. The smallest absolute Gasteiger partial charge is 0.226 e. The number of carbonyl (C=O) groups is 1. The fourth-order valence-electron chi connectivity index (χ4n) is 3.77.